The lowest BCUT2D eigenvalue weighted by Gasteiger charge is -2.15. The molecule has 0 aromatic heterocycles. The Morgan fingerprint density at radius 3 is 2.27 bits per heavy atom. The van der Waals surface area contributed by atoms with Crippen LogP contribution in [0.3, 0.4) is 0 Å². The van der Waals surface area contributed by atoms with Crippen molar-refractivity contribution in [2.75, 3.05) is 6.54 Å². The van der Waals surface area contributed by atoms with E-state index >= 15 is 0 Å². The van der Waals surface area contributed by atoms with E-state index in [9.17, 15) is 9.59 Å². The summed E-state index contributed by atoms with van der Waals surface area (Å²) in [4.78, 5) is 23.9. The van der Waals surface area contributed by atoms with Crippen molar-refractivity contribution < 1.29 is 14.8 Å². The molecule has 0 fully saturated rings. The quantitative estimate of drug-likeness (QED) is 0.269. The monoisotopic (exact) mass is 306 g/mol. The zero-order valence-electron chi connectivity index (χ0n) is 13.2. The van der Waals surface area contributed by atoms with Gasteiger partial charge in [0.25, 0.3) is 5.91 Å². The Kier molecular flexibility index (Phi) is 8.91. The SMILES string of the molecule is CCCCCCCCNC(=O)C(C(=O)NO)c1ccccc1. The van der Waals surface area contributed by atoms with Gasteiger partial charge in [-0.1, -0.05) is 69.4 Å². The van der Waals surface area contributed by atoms with Gasteiger partial charge in [-0.05, 0) is 12.0 Å². The number of rotatable bonds is 10. The summed E-state index contributed by atoms with van der Waals surface area (Å²) in [5.74, 6) is -2.12. The summed E-state index contributed by atoms with van der Waals surface area (Å²) < 4.78 is 0. The van der Waals surface area contributed by atoms with Gasteiger partial charge in [-0.2, -0.15) is 0 Å². The van der Waals surface area contributed by atoms with Crippen LogP contribution in [-0.2, 0) is 9.59 Å². The lowest BCUT2D eigenvalue weighted by Crippen LogP contribution is -2.39. The smallest absolute Gasteiger partial charge is 0.260 e. The standard InChI is InChI=1S/C17H26N2O3/c1-2-3-4-5-6-10-13-18-16(20)15(17(21)19-22)14-11-8-7-9-12-14/h7-9,11-12,15,22H,2-6,10,13H2,1H3,(H,18,20)(H,19,21). The van der Waals surface area contributed by atoms with Crippen LogP contribution < -0.4 is 10.8 Å². The van der Waals surface area contributed by atoms with E-state index in [4.69, 9.17) is 5.21 Å². The lowest BCUT2D eigenvalue weighted by atomic mass is 9.97. The number of hydrogen-bond acceptors (Lipinski definition) is 3. The van der Waals surface area contributed by atoms with Crippen LogP contribution in [0.15, 0.2) is 30.3 Å². The molecular formula is C17H26N2O3. The maximum atomic E-state index is 12.2. The first-order chi connectivity index (χ1) is 10.7. The molecule has 0 radical (unpaired) electrons. The Balaban J connectivity index is 2.43. The fourth-order valence-corrected chi connectivity index (χ4v) is 2.35. The number of unbranched alkanes of at least 4 members (excludes halogenated alkanes) is 5. The Hall–Kier alpha value is -1.88. The maximum absolute atomic E-state index is 12.2. The number of carbonyl (C=O) groups is 2. The van der Waals surface area contributed by atoms with E-state index in [0.717, 1.165) is 12.8 Å². The largest absolute Gasteiger partial charge is 0.355 e. The summed E-state index contributed by atoms with van der Waals surface area (Å²) in [5, 5.41) is 11.6. The Morgan fingerprint density at radius 2 is 1.64 bits per heavy atom. The molecule has 2 amide bonds. The van der Waals surface area contributed by atoms with Crippen LogP contribution in [0, 0.1) is 0 Å². The minimum absolute atomic E-state index is 0.383. The van der Waals surface area contributed by atoms with E-state index < -0.39 is 11.8 Å². The van der Waals surface area contributed by atoms with Crippen LogP contribution in [0.1, 0.15) is 56.9 Å². The van der Waals surface area contributed by atoms with Gasteiger partial charge in [-0.15, -0.1) is 0 Å². The van der Waals surface area contributed by atoms with E-state index in [0.29, 0.717) is 12.1 Å². The average Bonchev–Trinajstić information content (AvgIpc) is 2.55. The average molecular weight is 306 g/mol. The molecule has 5 heteroatoms. The first-order valence-corrected chi connectivity index (χ1v) is 7.97. The molecule has 1 aromatic rings. The summed E-state index contributed by atoms with van der Waals surface area (Å²) in [7, 11) is 0. The van der Waals surface area contributed by atoms with Crippen molar-refractivity contribution in [3.63, 3.8) is 0 Å². The first-order valence-electron chi connectivity index (χ1n) is 7.97. The number of hydroxylamine groups is 1. The lowest BCUT2D eigenvalue weighted by molar-refractivity contribution is -0.136. The van der Waals surface area contributed by atoms with Crippen LogP contribution in [0.25, 0.3) is 0 Å². The molecule has 5 nitrogen and oxygen atoms in total. The predicted octanol–water partition coefficient (Wildman–Crippen LogP) is 2.75. The zero-order chi connectivity index (χ0) is 16.2. The third-order valence-electron chi connectivity index (χ3n) is 3.60. The van der Waals surface area contributed by atoms with E-state index in [-0.39, 0.29) is 5.91 Å². The van der Waals surface area contributed by atoms with Crippen LogP contribution in [0.5, 0.6) is 0 Å². The van der Waals surface area contributed by atoms with Crippen molar-refractivity contribution >= 4 is 11.8 Å². The number of nitrogens with one attached hydrogen (secondary N) is 2. The highest BCUT2D eigenvalue weighted by Gasteiger charge is 2.27. The molecule has 0 aliphatic carbocycles. The van der Waals surface area contributed by atoms with E-state index in [1.54, 1.807) is 29.7 Å². The van der Waals surface area contributed by atoms with Crippen molar-refractivity contribution in [2.45, 2.75) is 51.4 Å². The van der Waals surface area contributed by atoms with Gasteiger partial charge in [0.15, 0.2) is 0 Å². The highest BCUT2D eigenvalue weighted by molar-refractivity contribution is 6.05. The van der Waals surface area contributed by atoms with Crippen LogP contribution in [0.4, 0.5) is 0 Å². The summed E-state index contributed by atoms with van der Waals surface area (Å²) in [5.41, 5.74) is 2.13. The van der Waals surface area contributed by atoms with Gasteiger partial charge < -0.3 is 5.32 Å². The predicted molar refractivity (Wildman–Crippen MR) is 85.5 cm³/mol. The van der Waals surface area contributed by atoms with Crippen molar-refractivity contribution in [2.24, 2.45) is 0 Å². The summed E-state index contributed by atoms with van der Waals surface area (Å²) >= 11 is 0. The molecule has 1 aromatic carbocycles. The summed E-state index contributed by atoms with van der Waals surface area (Å²) in [6, 6.07) is 8.72. The number of hydrogen-bond donors (Lipinski definition) is 3. The molecule has 0 heterocycles. The Bertz CT molecular complexity index is 448. The van der Waals surface area contributed by atoms with Gasteiger partial charge in [0.2, 0.25) is 5.91 Å². The second-order valence-electron chi connectivity index (χ2n) is 5.38. The fraction of sp³-hybridized carbons (Fsp3) is 0.529. The molecule has 0 spiro atoms. The molecule has 1 atom stereocenters. The second kappa shape index (κ2) is 10.8. The highest BCUT2D eigenvalue weighted by atomic mass is 16.5. The van der Waals surface area contributed by atoms with E-state index in [1.807, 2.05) is 6.07 Å². The van der Waals surface area contributed by atoms with Gasteiger partial charge in [0.1, 0.15) is 5.92 Å². The molecule has 0 aliphatic rings. The van der Waals surface area contributed by atoms with E-state index in [2.05, 4.69) is 12.2 Å². The molecule has 0 saturated carbocycles. The van der Waals surface area contributed by atoms with Gasteiger partial charge in [-0.25, -0.2) is 5.48 Å². The van der Waals surface area contributed by atoms with Crippen LogP contribution >= 0.6 is 0 Å². The summed E-state index contributed by atoms with van der Waals surface area (Å²) in [6.45, 7) is 2.73. The maximum Gasteiger partial charge on any atom is 0.260 e. The highest BCUT2D eigenvalue weighted by Crippen LogP contribution is 2.16. The van der Waals surface area contributed by atoms with Gasteiger partial charge in [0, 0.05) is 6.54 Å². The van der Waals surface area contributed by atoms with Crippen LogP contribution in [0.2, 0.25) is 0 Å². The molecule has 0 saturated heterocycles. The molecule has 3 N–H and O–H groups in total. The minimum atomic E-state index is -1.02. The van der Waals surface area contributed by atoms with E-state index in [1.165, 1.54) is 25.7 Å². The Morgan fingerprint density at radius 1 is 1.00 bits per heavy atom. The first kappa shape index (κ1) is 18.2. The van der Waals surface area contributed by atoms with Crippen LogP contribution in [-0.4, -0.2) is 23.6 Å². The van der Waals surface area contributed by atoms with Crippen molar-refractivity contribution in [3.05, 3.63) is 35.9 Å². The third-order valence-corrected chi connectivity index (χ3v) is 3.60. The number of benzene rings is 1. The van der Waals surface area contributed by atoms with Crippen molar-refractivity contribution in [3.8, 4) is 0 Å². The third kappa shape index (κ3) is 6.26. The molecule has 0 bridgehead atoms. The topological polar surface area (TPSA) is 78.4 Å². The Labute approximate surface area is 132 Å². The molecule has 122 valence electrons. The van der Waals surface area contributed by atoms with Gasteiger partial charge in [-0.3, -0.25) is 14.8 Å². The number of carbonyl (C=O) groups excluding carboxylic acids is 2. The number of amides is 2. The zero-order valence-corrected chi connectivity index (χ0v) is 13.2. The normalized spacial score (nSPS) is 11.7. The molecule has 1 unspecified atom stereocenters. The molecule has 1 rings (SSSR count). The second-order valence-corrected chi connectivity index (χ2v) is 5.38. The minimum Gasteiger partial charge on any atom is -0.355 e. The molecular weight excluding hydrogens is 280 g/mol. The van der Waals surface area contributed by atoms with Gasteiger partial charge in [0.05, 0.1) is 0 Å². The van der Waals surface area contributed by atoms with Crippen molar-refractivity contribution in [1.82, 2.24) is 10.8 Å². The fourth-order valence-electron chi connectivity index (χ4n) is 2.35. The molecule has 0 aliphatic heterocycles. The van der Waals surface area contributed by atoms with Crippen molar-refractivity contribution in [1.29, 1.82) is 0 Å². The molecule has 22 heavy (non-hydrogen) atoms. The summed E-state index contributed by atoms with van der Waals surface area (Å²) in [6.07, 6.45) is 6.83. The van der Waals surface area contributed by atoms with Gasteiger partial charge >= 0.3 is 0 Å².